The third-order valence-corrected chi connectivity index (χ3v) is 4.33. The molecule has 0 atom stereocenters. The highest BCUT2D eigenvalue weighted by atomic mass is 19.4. The lowest BCUT2D eigenvalue weighted by molar-refractivity contribution is -0.199. The topological polar surface area (TPSA) is 61.9 Å². The Kier molecular flexibility index (Phi) is 4.37. The lowest BCUT2D eigenvalue weighted by atomic mass is 10.1. The maximum atomic E-state index is 12.5. The van der Waals surface area contributed by atoms with E-state index in [0.717, 1.165) is 22.4 Å². The first-order chi connectivity index (χ1) is 13.7. The second kappa shape index (κ2) is 6.77. The van der Waals surface area contributed by atoms with Crippen molar-refractivity contribution < 1.29 is 22.8 Å². The van der Waals surface area contributed by atoms with E-state index in [1.807, 2.05) is 32.2 Å². The minimum absolute atomic E-state index is 0.0965. The molecule has 0 unspecified atom stereocenters. The SMILES string of the molecule is Cc1cc(C)cc(-n2cc(-c3ccnc4c3ccn4OC(=O)C(F)(F)F)cn2)c1. The summed E-state index contributed by atoms with van der Waals surface area (Å²) in [7, 11) is 0. The van der Waals surface area contributed by atoms with Gasteiger partial charge in [0.05, 0.1) is 11.9 Å². The summed E-state index contributed by atoms with van der Waals surface area (Å²) in [5, 5.41) is 4.92. The number of benzene rings is 1. The number of aryl methyl sites for hydroxylation is 2. The zero-order valence-corrected chi connectivity index (χ0v) is 15.4. The van der Waals surface area contributed by atoms with Crippen molar-refractivity contribution in [3.8, 4) is 16.8 Å². The standard InChI is InChI=1S/C20H15F3N4O2/c1-12-7-13(2)9-15(8-12)26-11-14(10-25-26)16-3-5-24-18-17(16)4-6-27(18)29-19(28)20(21,22)23/h3-11H,1-2H3. The Balaban J connectivity index is 1.72. The van der Waals surface area contributed by atoms with Gasteiger partial charge < -0.3 is 4.84 Å². The van der Waals surface area contributed by atoms with E-state index in [-0.39, 0.29) is 5.65 Å². The monoisotopic (exact) mass is 400 g/mol. The lowest BCUT2D eigenvalue weighted by Crippen LogP contribution is -2.33. The molecule has 0 amide bonds. The number of hydrogen-bond acceptors (Lipinski definition) is 4. The summed E-state index contributed by atoms with van der Waals surface area (Å²) < 4.78 is 39.9. The van der Waals surface area contributed by atoms with Crippen LogP contribution in [-0.2, 0) is 4.79 Å². The highest BCUT2D eigenvalue weighted by Crippen LogP contribution is 2.29. The van der Waals surface area contributed by atoms with E-state index in [2.05, 4.69) is 21.0 Å². The first-order valence-electron chi connectivity index (χ1n) is 8.61. The fourth-order valence-electron chi connectivity index (χ4n) is 3.17. The molecule has 0 spiro atoms. The minimum atomic E-state index is -5.10. The molecule has 6 nitrogen and oxygen atoms in total. The average Bonchev–Trinajstić information content (AvgIpc) is 3.27. The summed E-state index contributed by atoms with van der Waals surface area (Å²) >= 11 is 0. The van der Waals surface area contributed by atoms with E-state index in [0.29, 0.717) is 15.7 Å². The molecule has 0 saturated carbocycles. The van der Waals surface area contributed by atoms with Gasteiger partial charge in [0, 0.05) is 29.5 Å². The Morgan fingerprint density at radius 3 is 2.52 bits per heavy atom. The molecule has 0 bridgehead atoms. The van der Waals surface area contributed by atoms with Gasteiger partial charge in [-0.05, 0) is 54.8 Å². The number of fused-ring (bicyclic) bond motifs is 1. The maximum Gasteiger partial charge on any atom is 0.493 e. The smallest absolute Gasteiger partial charge is 0.326 e. The molecule has 0 aliphatic rings. The quantitative estimate of drug-likeness (QED) is 0.521. The van der Waals surface area contributed by atoms with Crippen LogP contribution >= 0.6 is 0 Å². The second-order valence-corrected chi connectivity index (χ2v) is 6.63. The minimum Gasteiger partial charge on any atom is -0.326 e. The molecular formula is C20H15F3N4O2. The molecule has 148 valence electrons. The highest BCUT2D eigenvalue weighted by Gasteiger charge is 2.42. The van der Waals surface area contributed by atoms with E-state index in [1.165, 1.54) is 18.5 Å². The van der Waals surface area contributed by atoms with Gasteiger partial charge in [0.2, 0.25) is 0 Å². The molecule has 4 aromatic rings. The van der Waals surface area contributed by atoms with Crippen LogP contribution in [0.2, 0.25) is 0 Å². The third kappa shape index (κ3) is 3.58. The number of carbonyl (C=O) groups is 1. The van der Waals surface area contributed by atoms with Crippen molar-refractivity contribution in [2.75, 3.05) is 0 Å². The number of hydrogen-bond donors (Lipinski definition) is 0. The number of carbonyl (C=O) groups excluding carboxylic acids is 1. The number of halogens is 3. The molecule has 0 aliphatic carbocycles. The molecule has 3 aromatic heterocycles. The van der Waals surface area contributed by atoms with Crippen LogP contribution in [0, 0.1) is 13.8 Å². The van der Waals surface area contributed by atoms with E-state index in [9.17, 15) is 18.0 Å². The van der Waals surface area contributed by atoms with Crippen molar-refractivity contribution in [2.24, 2.45) is 0 Å². The van der Waals surface area contributed by atoms with Gasteiger partial charge in [-0.1, -0.05) is 6.07 Å². The third-order valence-electron chi connectivity index (χ3n) is 4.33. The number of nitrogens with zero attached hydrogens (tertiary/aromatic N) is 4. The fraction of sp³-hybridized carbons (Fsp3) is 0.150. The zero-order chi connectivity index (χ0) is 20.8. The van der Waals surface area contributed by atoms with E-state index >= 15 is 0 Å². The highest BCUT2D eigenvalue weighted by molar-refractivity contribution is 5.93. The van der Waals surface area contributed by atoms with Crippen molar-refractivity contribution in [3.05, 3.63) is 66.2 Å². The molecular weight excluding hydrogens is 385 g/mol. The van der Waals surface area contributed by atoms with Gasteiger partial charge in [-0.2, -0.15) is 23.0 Å². The number of alkyl halides is 3. The van der Waals surface area contributed by atoms with Crippen LogP contribution in [-0.4, -0.2) is 31.6 Å². The van der Waals surface area contributed by atoms with Crippen molar-refractivity contribution in [1.29, 1.82) is 0 Å². The van der Waals surface area contributed by atoms with Gasteiger partial charge >= 0.3 is 12.1 Å². The summed E-state index contributed by atoms with van der Waals surface area (Å²) in [6.45, 7) is 4.00. The fourth-order valence-corrected chi connectivity index (χ4v) is 3.17. The summed E-state index contributed by atoms with van der Waals surface area (Å²) in [6.07, 6.45) is 1.04. The molecule has 0 fully saturated rings. The molecule has 0 saturated heterocycles. The molecule has 9 heteroatoms. The molecule has 0 aliphatic heterocycles. The van der Waals surface area contributed by atoms with Gasteiger partial charge in [-0.25, -0.2) is 14.5 Å². The molecule has 3 heterocycles. The van der Waals surface area contributed by atoms with Crippen molar-refractivity contribution >= 4 is 17.0 Å². The van der Waals surface area contributed by atoms with Gasteiger partial charge in [0.25, 0.3) is 0 Å². The summed E-state index contributed by atoms with van der Waals surface area (Å²) in [5.74, 6) is -2.31. The molecule has 0 radical (unpaired) electrons. The molecule has 4 rings (SSSR count). The Bertz CT molecular complexity index is 1200. The van der Waals surface area contributed by atoms with Crippen LogP contribution in [0.1, 0.15) is 11.1 Å². The van der Waals surface area contributed by atoms with Crippen molar-refractivity contribution in [1.82, 2.24) is 19.5 Å². The molecule has 29 heavy (non-hydrogen) atoms. The summed E-state index contributed by atoms with van der Waals surface area (Å²) in [4.78, 5) is 19.6. The molecule has 0 N–H and O–H groups in total. The summed E-state index contributed by atoms with van der Waals surface area (Å²) in [5.41, 5.74) is 4.65. The van der Waals surface area contributed by atoms with Gasteiger partial charge in [0.15, 0.2) is 5.65 Å². The maximum absolute atomic E-state index is 12.5. The van der Waals surface area contributed by atoms with Crippen LogP contribution in [0.4, 0.5) is 13.2 Å². The van der Waals surface area contributed by atoms with E-state index in [4.69, 9.17) is 0 Å². The Hall–Kier alpha value is -3.62. The first-order valence-corrected chi connectivity index (χ1v) is 8.61. The zero-order valence-electron chi connectivity index (χ0n) is 15.4. The Labute approximate surface area is 163 Å². The predicted molar refractivity (Wildman–Crippen MR) is 99.4 cm³/mol. The van der Waals surface area contributed by atoms with Crippen LogP contribution in [0.25, 0.3) is 27.8 Å². The Morgan fingerprint density at radius 2 is 1.83 bits per heavy atom. The van der Waals surface area contributed by atoms with E-state index in [1.54, 1.807) is 16.9 Å². The first kappa shape index (κ1) is 18.7. The normalized spacial score (nSPS) is 11.8. The second-order valence-electron chi connectivity index (χ2n) is 6.63. The van der Waals surface area contributed by atoms with Crippen LogP contribution in [0.5, 0.6) is 0 Å². The predicted octanol–water partition coefficient (Wildman–Crippen LogP) is 4.02. The largest absolute Gasteiger partial charge is 0.493 e. The Morgan fingerprint density at radius 1 is 1.10 bits per heavy atom. The van der Waals surface area contributed by atoms with Crippen molar-refractivity contribution in [3.63, 3.8) is 0 Å². The number of aromatic nitrogens is 4. The van der Waals surface area contributed by atoms with Gasteiger partial charge in [0.1, 0.15) is 0 Å². The summed E-state index contributed by atoms with van der Waals surface area (Å²) in [6, 6.07) is 9.32. The van der Waals surface area contributed by atoms with Crippen LogP contribution < -0.4 is 4.84 Å². The van der Waals surface area contributed by atoms with Gasteiger partial charge in [-0.15, -0.1) is 0 Å². The van der Waals surface area contributed by atoms with Crippen molar-refractivity contribution in [2.45, 2.75) is 20.0 Å². The number of rotatable bonds is 3. The number of pyridine rings is 1. The lowest BCUT2D eigenvalue weighted by Gasteiger charge is -2.08. The van der Waals surface area contributed by atoms with Gasteiger partial charge in [-0.3, -0.25) is 0 Å². The van der Waals surface area contributed by atoms with E-state index < -0.39 is 12.1 Å². The van der Waals surface area contributed by atoms with Crippen LogP contribution in [0.3, 0.4) is 0 Å². The average molecular weight is 400 g/mol. The molecule has 1 aromatic carbocycles. The van der Waals surface area contributed by atoms with Crippen LogP contribution in [0.15, 0.2) is 55.1 Å².